The Morgan fingerprint density at radius 1 is 1.17 bits per heavy atom. The molecule has 0 saturated carbocycles. The first kappa shape index (κ1) is 21.6. The number of anilines is 2. The number of carbonyl (C=O) groups is 1. The molecule has 30 heavy (non-hydrogen) atoms. The molecule has 8 heteroatoms. The van der Waals surface area contributed by atoms with E-state index in [1.54, 1.807) is 0 Å². The zero-order valence-corrected chi connectivity index (χ0v) is 17.7. The van der Waals surface area contributed by atoms with Crippen molar-refractivity contribution in [1.82, 2.24) is 4.90 Å². The van der Waals surface area contributed by atoms with E-state index in [2.05, 4.69) is 47.2 Å². The number of benzene rings is 2. The SMILES string of the molecule is COc1cc([N+](=O)[O-])ccc1NC(=O)CCN1CCN(c2cccc(C)c2C)CC1. The molecule has 1 aliphatic heterocycles. The maximum atomic E-state index is 12.4. The molecule has 1 aliphatic rings. The molecule has 1 N–H and O–H groups in total. The molecule has 0 radical (unpaired) electrons. The van der Waals surface area contributed by atoms with Crippen LogP contribution in [-0.4, -0.2) is 55.6 Å². The highest BCUT2D eigenvalue weighted by Gasteiger charge is 2.20. The van der Waals surface area contributed by atoms with Gasteiger partial charge in [0.1, 0.15) is 5.75 Å². The van der Waals surface area contributed by atoms with Gasteiger partial charge in [-0.3, -0.25) is 19.8 Å². The fourth-order valence-electron chi connectivity index (χ4n) is 3.66. The Morgan fingerprint density at radius 3 is 2.57 bits per heavy atom. The predicted octanol–water partition coefficient (Wildman–Crippen LogP) is 3.37. The number of ether oxygens (including phenoxy) is 1. The standard InChI is InChI=1S/C22H28N4O4/c1-16-5-4-6-20(17(16)2)25-13-11-24(12-14-25)10-9-22(27)23-19-8-7-18(26(28)29)15-21(19)30-3/h4-8,15H,9-14H2,1-3H3,(H,23,27). The summed E-state index contributed by atoms with van der Waals surface area (Å²) in [5.74, 6) is 0.138. The maximum Gasteiger partial charge on any atom is 0.273 e. The van der Waals surface area contributed by atoms with Gasteiger partial charge >= 0.3 is 0 Å². The van der Waals surface area contributed by atoms with Gasteiger partial charge in [0.25, 0.3) is 5.69 Å². The number of nitrogens with zero attached hydrogens (tertiary/aromatic N) is 3. The van der Waals surface area contributed by atoms with E-state index < -0.39 is 4.92 Å². The van der Waals surface area contributed by atoms with Gasteiger partial charge in [-0.2, -0.15) is 0 Å². The number of methoxy groups -OCH3 is 1. The third kappa shape index (κ3) is 5.07. The number of nitrogens with one attached hydrogen (secondary N) is 1. The zero-order valence-electron chi connectivity index (χ0n) is 17.7. The lowest BCUT2D eigenvalue weighted by Crippen LogP contribution is -2.47. The summed E-state index contributed by atoms with van der Waals surface area (Å²) in [4.78, 5) is 27.5. The Hall–Kier alpha value is -3.13. The number of aryl methyl sites for hydroxylation is 1. The molecular formula is C22H28N4O4. The van der Waals surface area contributed by atoms with Crippen molar-refractivity contribution in [3.63, 3.8) is 0 Å². The first-order valence-corrected chi connectivity index (χ1v) is 10.0. The molecule has 1 fully saturated rings. The van der Waals surface area contributed by atoms with Gasteiger partial charge in [0.05, 0.1) is 23.8 Å². The minimum Gasteiger partial charge on any atom is -0.494 e. The molecule has 2 aromatic carbocycles. The monoisotopic (exact) mass is 412 g/mol. The predicted molar refractivity (Wildman–Crippen MR) is 117 cm³/mol. The van der Waals surface area contributed by atoms with E-state index in [9.17, 15) is 14.9 Å². The summed E-state index contributed by atoms with van der Waals surface area (Å²) in [5.41, 5.74) is 4.27. The first-order chi connectivity index (χ1) is 14.4. The lowest BCUT2D eigenvalue weighted by molar-refractivity contribution is -0.384. The van der Waals surface area contributed by atoms with Crippen molar-refractivity contribution in [2.24, 2.45) is 0 Å². The Kier molecular flexibility index (Phi) is 6.89. The van der Waals surface area contributed by atoms with Gasteiger partial charge in [0.15, 0.2) is 0 Å². The normalized spacial score (nSPS) is 14.4. The number of piperazine rings is 1. The second-order valence-electron chi connectivity index (χ2n) is 7.49. The highest BCUT2D eigenvalue weighted by molar-refractivity contribution is 5.92. The lowest BCUT2D eigenvalue weighted by atomic mass is 10.1. The second kappa shape index (κ2) is 9.58. The van der Waals surface area contributed by atoms with Crippen LogP contribution in [0.4, 0.5) is 17.1 Å². The van der Waals surface area contributed by atoms with Gasteiger partial charge in [0, 0.05) is 50.9 Å². The molecule has 1 saturated heterocycles. The van der Waals surface area contributed by atoms with E-state index in [1.807, 2.05) is 0 Å². The molecule has 1 heterocycles. The topological polar surface area (TPSA) is 87.9 Å². The molecule has 0 spiro atoms. The van der Waals surface area contributed by atoms with E-state index in [-0.39, 0.29) is 17.3 Å². The number of hydrogen-bond donors (Lipinski definition) is 1. The maximum absolute atomic E-state index is 12.4. The average Bonchev–Trinajstić information content (AvgIpc) is 2.75. The van der Waals surface area contributed by atoms with Crippen molar-refractivity contribution < 1.29 is 14.5 Å². The Bertz CT molecular complexity index is 923. The minimum atomic E-state index is -0.494. The molecule has 0 bridgehead atoms. The number of nitro benzene ring substituents is 1. The first-order valence-electron chi connectivity index (χ1n) is 10.0. The Labute approximate surface area is 176 Å². The molecule has 1 amide bonds. The highest BCUT2D eigenvalue weighted by Crippen LogP contribution is 2.29. The number of amides is 1. The average molecular weight is 412 g/mol. The molecule has 2 aromatic rings. The number of nitro groups is 1. The van der Waals surface area contributed by atoms with Gasteiger partial charge in [-0.1, -0.05) is 12.1 Å². The highest BCUT2D eigenvalue weighted by atomic mass is 16.6. The van der Waals surface area contributed by atoms with Gasteiger partial charge in [-0.15, -0.1) is 0 Å². The van der Waals surface area contributed by atoms with Crippen LogP contribution in [0.5, 0.6) is 5.75 Å². The van der Waals surface area contributed by atoms with Crippen LogP contribution >= 0.6 is 0 Å². The fraction of sp³-hybridized carbons (Fsp3) is 0.409. The Morgan fingerprint density at radius 2 is 1.90 bits per heavy atom. The quantitative estimate of drug-likeness (QED) is 0.554. The van der Waals surface area contributed by atoms with Crippen molar-refractivity contribution in [2.45, 2.75) is 20.3 Å². The van der Waals surface area contributed by atoms with Crippen molar-refractivity contribution in [2.75, 3.05) is 50.1 Å². The van der Waals surface area contributed by atoms with E-state index >= 15 is 0 Å². The number of carbonyl (C=O) groups excluding carboxylic acids is 1. The van der Waals surface area contributed by atoms with Crippen LogP contribution in [-0.2, 0) is 4.79 Å². The van der Waals surface area contributed by atoms with Crippen LogP contribution < -0.4 is 15.0 Å². The second-order valence-corrected chi connectivity index (χ2v) is 7.49. The van der Waals surface area contributed by atoms with Crippen LogP contribution in [0.25, 0.3) is 0 Å². The number of hydrogen-bond acceptors (Lipinski definition) is 6. The largest absolute Gasteiger partial charge is 0.494 e. The van der Waals surface area contributed by atoms with Crippen molar-refractivity contribution in [3.05, 3.63) is 57.6 Å². The molecule has 160 valence electrons. The smallest absolute Gasteiger partial charge is 0.273 e. The van der Waals surface area contributed by atoms with Gasteiger partial charge in [-0.05, 0) is 37.1 Å². The van der Waals surface area contributed by atoms with Crippen molar-refractivity contribution in [3.8, 4) is 5.75 Å². The van der Waals surface area contributed by atoms with E-state index in [4.69, 9.17) is 4.74 Å². The van der Waals surface area contributed by atoms with Crippen molar-refractivity contribution >= 4 is 23.0 Å². The molecule has 3 rings (SSSR count). The minimum absolute atomic E-state index is 0.0773. The van der Waals surface area contributed by atoms with E-state index in [0.29, 0.717) is 18.7 Å². The molecule has 0 aromatic heterocycles. The molecule has 0 atom stereocenters. The fourth-order valence-corrected chi connectivity index (χ4v) is 3.66. The van der Waals surface area contributed by atoms with Crippen LogP contribution in [0, 0.1) is 24.0 Å². The molecule has 0 aliphatic carbocycles. The summed E-state index contributed by atoms with van der Waals surface area (Å²) in [6.45, 7) is 8.64. The van der Waals surface area contributed by atoms with Crippen LogP contribution in [0.15, 0.2) is 36.4 Å². The molecule has 8 nitrogen and oxygen atoms in total. The number of rotatable bonds is 7. The summed E-state index contributed by atoms with van der Waals surface area (Å²) in [7, 11) is 1.42. The number of non-ortho nitro benzene ring substituents is 1. The van der Waals surface area contributed by atoms with E-state index in [0.717, 1.165) is 26.2 Å². The van der Waals surface area contributed by atoms with Crippen LogP contribution in [0.1, 0.15) is 17.5 Å². The summed E-state index contributed by atoms with van der Waals surface area (Å²) >= 11 is 0. The lowest BCUT2D eigenvalue weighted by Gasteiger charge is -2.37. The summed E-state index contributed by atoms with van der Waals surface area (Å²) in [6.07, 6.45) is 0.351. The third-order valence-electron chi connectivity index (χ3n) is 5.61. The van der Waals surface area contributed by atoms with Gasteiger partial charge in [0.2, 0.25) is 5.91 Å². The van der Waals surface area contributed by atoms with E-state index in [1.165, 1.54) is 42.1 Å². The summed E-state index contributed by atoms with van der Waals surface area (Å²) in [6, 6.07) is 10.6. The van der Waals surface area contributed by atoms with Crippen LogP contribution in [0.3, 0.4) is 0 Å². The summed E-state index contributed by atoms with van der Waals surface area (Å²) in [5, 5.41) is 13.7. The third-order valence-corrected chi connectivity index (χ3v) is 5.61. The Balaban J connectivity index is 1.49. The summed E-state index contributed by atoms with van der Waals surface area (Å²) < 4.78 is 5.17. The van der Waals surface area contributed by atoms with Gasteiger partial charge in [-0.25, -0.2) is 0 Å². The zero-order chi connectivity index (χ0) is 21.7. The molecular weight excluding hydrogens is 384 g/mol. The van der Waals surface area contributed by atoms with Gasteiger partial charge < -0.3 is 15.0 Å². The van der Waals surface area contributed by atoms with Crippen LogP contribution in [0.2, 0.25) is 0 Å². The van der Waals surface area contributed by atoms with Crippen molar-refractivity contribution in [1.29, 1.82) is 0 Å². The molecule has 0 unspecified atom stereocenters.